The Morgan fingerprint density at radius 3 is 2.63 bits per heavy atom. The minimum atomic E-state index is 0.175. The van der Waals surface area contributed by atoms with Gasteiger partial charge in [-0.05, 0) is 31.1 Å². The molecule has 1 fully saturated rings. The monoisotopic (exact) mass is 262 g/mol. The smallest absolute Gasteiger partial charge is 0.295 e. The highest BCUT2D eigenvalue weighted by Crippen LogP contribution is 2.41. The van der Waals surface area contributed by atoms with Crippen molar-refractivity contribution in [2.24, 2.45) is 5.41 Å². The summed E-state index contributed by atoms with van der Waals surface area (Å²) in [5.41, 5.74) is 5.89. The van der Waals surface area contributed by atoms with Gasteiger partial charge in [-0.25, -0.2) is 0 Å². The van der Waals surface area contributed by atoms with Crippen molar-refractivity contribution in [2.75, 3.05) is 5.73 Å². The van der Waals surface area contributed by atoms with Crippen LogP contribution in [0.4, 0.5) is 5.95 Å². The van der Waals surface area contributed by atoms with Crippen molar-refractivity contribution in [3.05, 3.63) is 5.82 Å². The molecule has 2 aromatic rings. The molecule has 2 aromatic heterocycles. The number of nitrogens with zero attached hydrogens (tertiary/aromatic N) is 4. The summed E-state index contributed by atoms with van der Waals surface area (Å²) in [4.78, 5) is 8.38. The molecule has 0 unspecified atom stereocenters. The summed E-state index contributed by atoms with van der Waals surface area (Å²) in [7, 11) is 0. The fraction of sp³-hybridized carbons (Fsp3) is 0.667. The summed E-state index contributed by atoms with van der Waals surface area (Å²) in [6, 6.07) is 0. The first-order valence-corrected chi connectivity index (χ1v) is 6.55. The lowest BCUT2D eigenvalue weighted by Crippen LogP contribution is -2.20. The normalized spacial score (nSPS) is 19.7. The molecule has 1 aliphatic rings. The van der Waals surface area contributed by atoms with Crippen molar-refractivity contribution >= 4 is 5.95 Å². The zero-order valence-corrected chi connectivity index (χ0v) is 11.2. The predicted octanol–water partition coefficient (Wildman–Crippen LogP) is 2.12. The Kier molecular flexibility index (Phi) is 2.76. The highest BCUT2D eigenvalue weighted by molar-refractivity contribution is 5.41. The van der Waals surface area contributed by atoms with Gasteiger partial charge in [-0.15, -0.1) is 5.10 Å². The Hall–Kier alpha value is -1.92. The molecule has 0 spiro atoms. The number of rotatable bonds is 2. The van der Waals surface area contributed by atoms with E-state index in [2.05, 4.69) is 39.2 Å². The first-order chi connectivity index (χ1) is 9.03. The third-order valence-electron chi connectivity index (χ3n) is 3.85. The summed E-state index contributed by atoms with van der Waals surface area (Å²) in [5.74, 6) is 2.09. The first-order valence-electron chi connectivity index (χ1n) is 6.55. The second-order valence-electron chi connectivity index (χ2n) is 5.94. The van der Waals surface area contributed by atoms with E-state index >= 15 is 0 Å². The summed E-state index contributed by atoms with van der Waals surface area (Å²) in [5, 5.41) is 10.5. The predicted molar refractivity (Wildman–Crippen MR) is 69.1 cm³/mol. The maximum Gasteiger partial charge on any atom is 0.295 e. The standard InChI is InChI=1S/C12H18N6O/c1-12(2)5-3-7(4-6-12)8-14-10(19-18-8)9-15-11(13)17-16-9/h7H,3-6H2,1-2H3,(H3,13,15,16,17). The molecule has 0 atom stereocenters. The maximum absolute atomic E-state index is 5.45. The van der Waals surface area contributed by atoms with Gasteiger partial charge in [0.05, 0.1) is 0 Å². The SMILES string of the molecule is CC1(C)CCC(c2noc(-c3nc(N)n[nH]3)n2)CC1. The minimum absolute atomic E-state index is 0.175. The van der Waals surface area contributed by atoms with Crippen LogP contribution in [0, 0.1) is 5.41 Å². The molecule has 0 aromatic carbocycles. The molecule has 7 heteroatoms. The number of hydrogen-bond donors (Lipinski definition) is 2. The number of H-pyrrole nitrogens is 1. The molecular weight excluding hydrogens is 244 g/mol. The molecular formula is C12H18N6O. The number of nitrogens with two attached hydrogens (primary N) is 1. The number of nitrogen functional groups attached to an aromatic ring is 1. The van der Waals surface area contributed by atoms with Gasteiger partial charge in [0, 0.05) is 5.92 Å². The molecule has 2 heterocycles. The van der Waals surface area contributed by atoms with Crippen LogP contribution >= 0.6 is 0 Å². The molecule has 3 N–H and O–H groups in total. The summed E-state index contributed by atoms with van der Waals surface area (Å²) < 4.78 is 5.22. The van der Waals surface area contributed by atoms with Crippen LogP contribution in [0.1, 0.15) is 51.3 Å². The molecule has 7 nitrogen and oxygen atoms in total. The van der Waals surface area contributed by atoms with Gasteiger partial charge >= 0.3 is 0 Å². The Morgan fingerprint density at radius 1 is 1.26 bits per heavy atom. The number of hydrogen-bond acceptors (Lipinski definition) is 6. The molecule has 1 saturated carbocycles. The first kappa shape index (κ1) is 12.1. The lowest BCUT2D eigenvalue weighted by molar-refractivity contribution is 0.218. The van der Waals surface area contributed by atoms with Crippen molar-refractivity contribution in [3.8, 4) is 11.7 Å². The Bertz CT molecular complexity index is 562. The average molecular weight is 262 g/mol. The van der Waals surface area contributed by atoms with E-state index in [9.17, 15) is 0 Å². The molecule has 1 aliphatic carbocycles. The van der Waals surface area contributed by atoms with E-state index in [1.807, 2.05) is 0 Å². The molecule has 0 amide bonds. The fourth-order valence-corrected chi connectivity index (χ4v) is 2.52. The number of nitrogens with one attached hydrogen (secondary N) is 1. The van der Waals surface area contributed by atoms with E-state index in [0.717, 1.165) is 18.7 Å². The van der Waals surface area contributed by atoms with E-state index in [4.69, 9.17) is 10.3 Å². The van der Waals surface area contributed by atoms with Gasteiger partial charge in [-0.3, -0.25) is 5.10 Å². The second-order valence-corrected chi connectivity index (χ2v) is 5.94. The van der Waals surface area contributed by atoms with Gasteiger partial charge < -0.3 is 10.3 Å². The van der Waals surface area contributed by atoms with Crippen LogP contribution in [0.25, 0.3) is 11.7 Å². The van der Waals surface area contributed by atoms with Gasteiger partial charge in [0.1, 0.15) is 0 Å². The van der Waals surface area contributed by atoms with Crippen molar-refractivity contribution in [2.45, 2.75) is 45.4 Å². The molecule has 0 bridgehead atoms. The van der Waals surface area contributed by atoms with Crippen molar-refractivity contribution in [3.63, 3.8) is 0 Å². The quantitative estimate of drug-likeness (QED) is 0.858. The summed E-state index contributed by atoms with van der Waals surface area (Å²) in [6.45, 7) is 4.62. The Balaban J connectivity index is 1.75. The maximum atomic E-state index is 5.45. The van der Waals surface area contributed by atoms with E-state index in [1.54, 1.807) is 0 Å². The van der Waals surface area contributed by atoms with Crippen molar-refractivity contribution in [1.29, 1.82) is 0 Å². The topological polar surface area (TPSA) is 107 Å². The van der Waals surface area contributed by atoms with Crippen LogP contribution in [0.3, 0.4) is 0 Å². The van der Waals surface area contributed by atoms with Gasteiger partial charge in [-0.1, -0.05) is 19.0 Å². The number of aromatic amines is 1. The van der Waals surface area contributed by atoms with Crippen LogP contribution in [-0.4, -0.2) is 25.3 Å². The summed E-state index contributed by atoms with van der Waals surface area (Å²) in [6.07, 6.45) is 4.59. The molecule has 19 heavy (non-hydrogen) atoms. The highest BCUT2D eigenvalue weighted by Gasteiger charge is 2.30. The van der Waals surface area contributed by atoms with Gasteiger partial charge in [0.15, 0.2) is 5.82 Å². The molecule has 3 rings (SSSR count). The van der Waals surface area contributed by atoms with E-state index in [0.29, 0.717) is 23.0 Å². The van der Waals surface area contributed by atoms with Crippen LogP contribution in [0.15, 0.2) is 4.52 Å². The van der Waals surface area contributed by atoms with Crippen molar-refractivity contribution < 1.29 is 4.52 Å². The molecule has 0 saturated heterocycles. The van der Waals surface area contributed by atoms with Gasteiger partial charge in [-0.2, -0.15) is 9.97 Å². The number of anilines is 1. The molecule has 102 valence electrons. The van der Waals surface area contributed by atoms with Crippen molar-refractivity contribution in [1.82, 2.24) is 25.3 Å². The third-order valence-corrected chi connectivity index (χ3v) is 3.85. The van der Waals surface area contributed by atoms with Gasteiger partial charge in [0.2, 0.25) is 11.8 Å². The third kappa shape index (κ3) is 2.45. The Morgan fingerprint density at radius 2 is 2.00 bits per heavy atom. The van der Waals surface area contributed by atoms with Gasteiger partial charge in [0.25, 0.3) is 5.89 Å². The second kappa shape index (κ2) is 4.32. The van der Waals surface area contributed by atoms with Crippen LogP contribution in [0.2, 0.25) is 0 Å². The average Bonchev–Trinajstić information content (AvgIpc) is 2.97. The van der Waals surface area contributed by atoms with Crippen LogP contribution in [0.5, 0.6) is 0 Å². The Labute approximate surface area is 111 Å². The fourth-order valence-electron chi connectivity index (χ4n) is 2.52. The molecule has 0 aliphatic heterocycles. The zero-order chi connectivity index (χ0) is 13.5. The van der Waals surface area contributed by atoms with Crippen LogP contribution in [-0.2, 0) is 0 Å². The van der Waals surface area contributed by atoms with E-state index in [1.165, 1.54) is 12.8 Å². The largest absolute Gasteiger partial charge is 0.366 e. The summed E-state index contributed by atoms with van der Waals surface area (Å²) >= 11 is 0. The van der Waals surface area contributed by atoms with Crippen LogP contribution < -0.4 is 5.73 Å². The molecule has 0 radical (unpaired) electrons. The lowest BCUT2D eigenvalue weighted by Gasteiger charge is -2.32. The minimum Gasteiger partial charge on any atom is -0.366 e. The van der Waals surface area contributed by atoms with E-state index in [-0.39, 0.29) is 5.95 Å². The van der Waals surface area contributed by atoms with E-state index < -0.39 is 0 Å². The lowest BCUT2D eigenvalue weighted by atomic mass is 9.73. The zero-order valence-electron chi connectivity index (χ0n) is 11.2. The number of aromatic nitrogens is 5. The highest BCUT2D eigenvalue weighted by atomic mass is 16.5.